The predicted octanol–water partition coefficient (Wildman–Crippen LogP) is 4.71. The third-order valence-electron chi connectivity index (χ3n) is 3.79. The highest BCUT2D eigenvalue weighted by atomic mass is 16.3. The molecule has 2 aromatic carbocycles. The van der Waals surface area contributed by atoms with E-state index in [-0.39, 0.29) is 0 Å². The molecular weight excluding hydrogens is 232 g/mol. The monoisotopic (exact) mass is 246 g/mol. The molecule has 0 saturated heterocycles. The summed E-state index contributed by atoms with van der Waals surface area (Å²) < 4.78 is 6.12. The van der Waals surface area contributed by atoms with Gasteiger partial charge in [0.2, 0.25) is 0 Å². The minimum Gasteiger partial charge on any atom is -0.456 e. The smallest absolute Gasteiger partial charge is 0.138 e. The SMILES string of the molecule is c1ccc(-c2cc3c(o2)-c2ccccc2CC3)cc1. The zero-order chi connectivity index (χ0) is 12.7. The molecule has 0 unspecified atom stereocenters. The topological polar surface area (TPSA) is 13.1 Å². The van der Waals surface area contributed by atoms with E-state index in [9.17, 15) is 0 Å². The number of hydrogen-bond donors (Lipinski definition) is 0. The van der Waals surface area contributed by atoms with Crippen molar-refractivity contribution >= 4 is 0 Å². The molecule has 0 N–H and O–H groups in total. The first kappa shape index (κ1) is 10.6. The fourth-order valence-corrected chi connectivity index (χ4v) is 2.82. The van der Waals surface area contributed by atoms with Crippen LogP contribution < -0.4 is 0 Å². The van der Waals surface area contributed by atoms with Crippen molar-refractivity contribution in [1.29, 1.82) is 0 Å². The Hall–Kier alpha value is -2.28. The highest BCUT2D eigenvalue weighted by Gasteiger charge is 2.20. The average molecular weight is 246 g/mol. The van der Waals surface area contributed by atoms with E-state index in [1.54, 1.807) is 0 Å². The van der Waals surface area contributed by atoms with Crippen LogP contribution in [0.4, 0.5) is 0 Å². The van der Waals surface area contributed by atoms with Crippen LogP contribution in [0.25, 0.3) is 22.6 Å². The highest BCUT2D eigenvalue weighted by molar-refractivity contribution is 5.72. The van der Waals surface area contributed by atoms with Gasteiger partial charge in [0.05, 0.1) is 0 Å². The average Bonchev–Trinajstić information content (AvgIpc) is 2.93. The Kier molecular flexibility index (Phi) is 2.31. The van der Waals surface area contributed by atoms with Crippen LogP contribution in [0.3, 0.4) is 0 Å². The van der Waals surface area contributed by atoms with Crippen molar-refractivity contribution in [3.8, 4) is 22.6 Å². The molecule has 0 atom stereocenters. The van der Waals surface area contributed by atoms with Crippen LogP contribution >= 0.6 is 0 Å². The zero-order valence-corrected chi connectivity index (χ0v) is 10.6. The third-order valence-corrected chi connectivity index (χ3v) is 3.79. The van der Waals surface area contributed by atoms with Gasteiger partial charge in [-0.15, -0.1) is 0 Å². The van der Waals surface area contributed by atoms with Crippen LogP contribution in [0.5, 0.6) is 0 Å². The molecule has 92 valence electrons. The Labute approximate surface area is 112 Å². The lowest BCUT2D eigenvalue weighted by molar-refractivity contribution is 0.590. The van der Waals surface area contributed by atoms with Crippen molar-refractivity contribution in [1.82, 2.24) is 0 Å². The second kappa shape index (κ2) is 4.13. The van der Waals surface area contributed by atoms with E-state index in [2.05, 4.69) is 42.5 Å². The molecule has 1 heteroatoms. The fraction of sp³-hybridized carbons (Fsp3) is 0.111. The quantitative estimate of drug-likeness (QED) is 0.606. The number of furan rings is 1. The molecule has 0 amide bonds. The molecule has 0 aliphatic heterocycles. The number of hydrogen-bond acceptors (Lipinski definition) is 1. The van der Waals surface area contributed by atoms with E-state index in [1.165, 1.54) is 16.7 Å². The van der Waals surface area contributed by atoms with Gasteiger partial charge in [-0.2, -0.15) is 0 Å². The Bertz CT molecular complexity index is 722. The summed E-state index contributed by atoms with van der Waals surface area (Å²) in [6.07, 6.45) is 2.18. The summed E-state index contributed by atoms with van der Waals surface area (Å²) in [4.78, 5) is 0. The molecule has 1 aliphatic carbocycles. The maximum atomic E-state index is 6.12. The number of aryl methyl sites for hydroxylation is 2. The van der Waals surface area contributed by atoms with Gasteiger partial charge in [0.1, 0.15) is 11.5 Å². The molecular formula is C18H14O. The van der Waals surface area contributed by atoms with Gasteiger partial charge in [0.25, 0.3) is 0 Å². The molecule has 1 nitrogen and oxygen atoms in total. The van der Waals surface area contributed by atoms with Crippen molar-refractivity contribution < 1.29 is 4.42 Å². The lowest BCUT2D eigenvalue weighted by Crippen LogP contribution is -2.00. The maximum absolute atomic E-state index is 6.12. The van der Waals surface area contributed by atoms with Crippen LogP contribution in [-0.4, -0.2) is 0 Å². The van der Waals surface area contributed by atoms with Crippen molar-refractivity contribution in [2.45, 2.75) is 12.8 Å². The standard InChI is InChI=1S/C18H14O/c1-2-7-14(8-3-1)17-12-15-11-10-13-6-4-5-9-16(13)18(15)19-17/h1-9,12H,10-11H2. The zero-order valence-electron chi connectivity index (χ0n) is 10.6. The Morgan fingerprint density at radius 1 is 0.737 bits per heavy atom. The van der Waals surface area contributed by atoms with Gasteiger partial charge >= 0.3 is 0 Å². The normalized spacial score (nSPS) is 12.8. The van der Waals surface area contributed by atoms with E-state index >= 15 is 0 Å². The molecule has 0 spiro atoms. The van der Waals surface area contributed by atoms with Gasteiger partial charge in [-0.1, -0.05) is 54.6 Å². The summed E-state index contributed by atoms with van der Waals surface area (Å²) in [5.74, 6) is 2.03. The van der Waals surface area contributed by atoms with E-state index in [4.69, 9.17) is 4.42 Å². The van der Waals surface area contributed by atoms with E-state index in [1.807, 2.05) is 18.2 Å². The van der Waals surface area contributed by atoms with E-state index < -0.39 is 0 Å². The van der Waals surface area contributed by atoms with Gasteiger partial charge in [-0.3, -0.25) is 0 Å². The van der Waals surface area contributed by atoms with Crippen LogP contribution in [0.15, 0.2) is 65.1 Å². The van der Waals surface area contributed by atoms with Crippen LogP contribution in [0.2, 0.25) is 0 Å². The van der Waals surface area contributed by atoms with Crippen LogP contribution in [0, 0.1) is 0 Å². The minimum atomic E-state index is 0.974. The first-order valence-corrected chi connectivity index (χ1v) is 6.68. The molecule has 0 fully saturated rings. The molecule has 3 aromatic rings. The van der Waals surface area contributed by atoms with Crippen molar-refractivity contribution in [2.75, 3.05) is 0 Å². The number of rotatable bonds is 1. The highest BCUT2D eigenvalue weighted by Crippen LogP contribution is 2.38. The Morgan fingerprint density at radius 2 is 1.47 bits per heavy atom. The molecule has 1 aliphatic rings. The summed E-state index contributed by atoms with van der Waals surface area (Å²) in [6, 6.07) is 21.0. The minimum absolute atomic E-state index is 0.974. The Morgan fingerprint density at radius 3 is 2.37 bits per heavy atom. The van der Waals surface area contributed by atoms with E-state index in [0.29, 0.717) is 0 Å². The second-order valence-corrected chi connectivity index (χ2v) is 4.99. The predicted molar refractivity (Wildman–Crippen MR) is 77.0 cm³/mol. The van der Waals surface area contributed by atoms with Crippen molar-refractivity contribution in [2.24, 2.45) is 0 Å². The maximum Gasteiger partial charge on any atom is 0.138 e. The summed E-state index contributed by atoms with van der Waals surface area (Å²) in [7, 11) is 0. The molecule has 1 heterocycles. The molecule has 0 bridgehead atoms. The Balaban J connectivity index is 1.88. The second-order valence-electron chi connectivity index (χ2n) is 4.99. The summed E-state index contributed by atoms with van der Waals surface area (Å²) in [5, 5.41) is 0. The fourth-order valence-electron chi connectivity index (χ4n) is 2.82. The lowest BCUT2D eigenvalue weighted by atomic mass is 9.91. The van der Waals surface area contributed by atoms with Gasteiger partial charge in [-0.05, 0) is 30.0 Å². The summed E-state index contributed by atoms with van der Waals surface area (Å²) in [5.41, 5.74) is 5.13. The van der Waals surface area contributed by atoms with Crippen molar-refractivity contribution in [3.63, 3.8) is 0 Å². The van der Waals surface area contributed by atoms with Gasteiger partial charge in [-0.25, -0.2) is 0 Å². The van der Waals surface area contributed by atoms with Crippen LogP contribution in [0.1, 0.15) is 11.1 Å². The van der Waals surface area contributed by atoms with Crippen LogP contribution in [-0.2, 0) is 12.8 Å². The first-order valence-electron chi connectivity index (χ1n) is 6.68. The van der Waals surface area contributed by atoms with Gasteiger partial charge in [0.15, 0.2) is 0 Å². The molecule has 1 aromatic heterocycles. The summed E-state index contributed by atoms with van der Waals surface area (Å²) in [6.45, 7) is 0. The number of benzene rings is 2. The summed E-state index contributed by atoms with van der Waals surface area (Å²) >= 11 is 0. The molecule has 0 radical (unpaired) electrons. The molecule has 4 rings (SSSR count). The largest absolute Gasteiger partial charge is 0.456 e. The van der Waals surface area contributed by atoms with Gasteiger partial charge < -0.3 is 4.42 Å². The van der Waals surface area contributed by atoms with E-state index in [0.717, 1.165) is 29.9 Å². The number of fused-ring (bicyclic) bond motifs is 3. The lowest BCUT2D eigenvalue weighted by Gasteiger charge is -2.13. The third kappa shape index (κ3) is 1.70. The van der Waals surface area contributed by atoms with Gasteiger partial charge in [0, 0.05) is 11.1 Å². The first-order chi connectivity index (χ1) is 9.42. The molecule has 19 heavy (non-hydrogen) atoms. The van der Waals surface area contributed by atoms with Crippen molar-refractivity contribution in [3.05, 3.63) is 71.8 Å². The molecule has 0 saturated carbocycles.